The van der Waals surface area contributed by atoms with E-state index in [2.05, 4.69) is 13.8 Å². The van der Waals surface area contributed by atoms with Gasteiger partial charge in [-0.1, -0.05) is 348 Å². The molecular formula is C61H118K2O7S. The quantitative estimate of drug-likeness (QED) is 0.0364. The fourth-order valence-electron chi connectivity index (χ4n) is 11.0. The Morgan fingerprint density at radius 1 is 0.352 bits per heavy atom. The minimum absolute atomic E-state index is 0. The van der Waals surface area contributed by atoms with Crippen molar-refractivity contribution in [3.8, 4) is 0 Å². The van der Waals surface area contributed by atoms with Crippen molar-refractivity contribution in [2.75, 3.05) is 0 Å². The van der Waals surface area contributed by atoms with Crippen LogP contribution in [0, 0.1) is 5.92 Å². The Kier molecular flexibility index (Phi) is 65.1. The molecule has 0 aliphatic rings. The first kappa shape index (κ1) is 77.4. The van der Waals surface area contributed by atoms with Crippen LogP contribution in [0.1, 0.15) is 367 Å². The molecule has 0 aromatic rings. The molecular weight excluding hydrogens is 955 g/mol. The summed E-state index contributed by atoms with van der Waals surface area (Å²) in [4.78, 5) is 24.3. The van der Waals surface area contributed by atoms with E-state index in [0.717, 1.165) is 44.9 Å². The molecule has 412 valence electrons. The predicted octanol–water partition coefficient (Wildman–Crippen LogP) is 12.2. The van der Waals surface area contributed by atoms with E-state index in [4.69, 9.17) is 0 Å². The summed E-state index contributed by atoms with van der Waals surface area (Å²) >= 11 is 0. The molecule has 0 fully saturated rings. The van der Waals surface area contributed by atoms with Gasteiger partial charge < -0.3 is 19.8 Å². The van der Waals surface area contributed by atoms with E-state index in [9.17, 15) is 32.8 Å². The maximum atomic E-state index is 12.8. The summed E-state index contributed by atoms with van der Waals surface area (Å²) in [5.74, 6) is -4.70. The molecule has 0 saturated carbocycles. The van der Waals surface area contributed by atoms with Crippen molar-refractivity contribution in [3.05, 3.63) is 0 Å². The van der Waals surface area contributed by atoms with Crippen LogP contribution >= 0.6 is 0 Å². The van der Waals surface area contributed by atoms with Crippen molar-refractivity contribution in [2.45, 2.75) is 372 Å². The Morgan fingerprint density at radius 2 is 0.535 bits per heavy atom. The Morgan fingerprint density at radius 3 is 0.704 bits per heavy atom. The second-order valence-corrected chi connectivity index (χ2v) is 23.8. The van der Waals surface area contributed by atoms with Crippen LogP contribution in [0.4, 0.5) is 0 Å². The molecule has 7 nitrogen and oxygen atoms in total. The topological polar surface area (TPSA) is 135 Å². The fourth-order valence-corrected chi connectivity index (χ4v) is 12.3. The summed E-state index contributed by atoms with van der Waals surface area (Å²) in [6.45, 7) is 4.57. The Balaban J connectivity index is -0.0000231. The summed E-state index contributed by atoms with van der Waals surface area (Å²) < 4.78 is 33.2. The first-order valence-corrected chi connectivity index (χ1v) is 32.5. The van der Waals surface area contributed by atoms with Gasteiger partial charge in [-0.3, -0.25) is 4.55 Å². The number of rotatable bonds is 59. The van der Waals surface area contributed by atoms with Crippen molar-refractivity contribution in [1.29, 1.82) is 0 Å². The van der Waals surface area contributed by atoms with Crippen LogP contribution in [0.25, 0.3) is 0 Å². The van der Waals surface area contributed by atoms with Crippen LogP contribution in [-0.4, -0.2) is 29.7 Å². The molecule has 0 spiro atoms. The van der Waals surface area contributed by atoms with Crippen LogP contribution in [-0.2, 0) is 19.7 Å². The monoisotopic (exact) mass is 1070 g/mol. The summed E-state index contributed by atoms with van der Waals surface area (Å²) in [6.07, 6.45) is 64.8. The smallest absolute Gasteiger partial charge is 0.550 e. The molecule has 2 unspecified atom stereocenters. The van der Waals surface area contributed by atoms with Crippen LogP contribution in [0.15, 0.2) is 0 Å². The zero-order valence-electron chi connectivity index (χ0n) is 48.3. The second kappa shape index (κ2) is 59.8. The normalized spacial score (nSPS) is 12.9. The van der Waals surface area contributed by atoms with Gasteiger partial charge in [0.15, 0.2) is 0 Å². The first-order valence-electron chi connectivity index (χ1n) is 31.0. The fraction of sp³-hybridized carbons (Fsp3) is 0.967. The van der Waals surface area contributed by atoms with Gasteiger partial charge >= 0.3 is 103 Å². The molecule has 0 aliphatic heterocycles. The molecule has 10 heteroatoms. The predicted molar refractivity (Wildman–Crippen MR) is 293 cm³/mol. The zero-order valence-corrected chi connectivity index (χ0v) is 55.3. The first-order chi connectivity index (χ1) is 33.6. The van der Waals surface area contributed by atoms with E-state index in [1.807, 2.05) is 0 Å². The van der Waals surface area contributed by atoms with Crippen molar-refractivity contribution in [2.24, 2.45) is 5.92 Å². The van der Waals surface area contributed by atoms with Gasteiger partial charge in [0.05, 0.1) is 5.97 Å². The van der Waals surface area contributed by atoms with Crippen LogP contribution in [0.5, 0.6) is 0 Å². The third-order valence-electron chi connectivity index (χ3n) is 15.7. The van der Waals surface area contributed by atoms with Gasteiger partial charge in [0, 0.05) is 5.97 Å². The van der Waals surface area contributed by atoms with Gasteiger partial charge in [-0.05, 0) is 25.2 Å². The number of carboxylic acid groups (broad SMARTS) is 2. The van der Waals surface area contributed by atoms with Crippen molar-refractivity contribution < 1.29 is 136 Å². The van der Waals surface area contributed by atoms with E-state index in [-0.39, 0.29) is 122 Å². The molecule has 0 rings (SSSR count). The third-order valence-corrected chi connectivity index (χ3v) is 17.3. The molecule has 0 radical (unpaired) electrons. The Bertz CT molecular complexity index is 1200. The second-order valence-electron chi connectivity index (χ2n) is 22.1. The van der Waals surface area contributed by atoms with Gasteiger partial charge in [0.1, 0.15) is 4.75 Å². The summed E-state index contributed by atoms with van der Waals surface area (Å²) in [7, 11) is -5.13. The molecule has 2 atom stereocenters. The van der Waals surface area contributed by atoms with E-state index >= 15 is 0 Å². The number of unbranched alkanes of at least 4 members (excludes halogenated alkanes) is 50. The average Bonchev–Trinajstić information content (AvgIpc) is 3.31. The van der Waals surface area contributed by atoms with Crippen LogP contribution < -0.4 is 113 Å². The number of carbonyl (C=O) groups excluding carboxylic acids is 2. The Hall–Kier alpha value is 2.12. The standard InChI is InChI=1S/C61H120O7S.2K/c1-3-5-7-9-11-13-15-17-19-21-23-25-27-29-31-33-35-37-39-41-43-45-47-49-51-53-55-58(57-59(62)63)61(60(64)65,69(66,67)68)56-54-52-50-48-46-44-42-40-38-36-34-32-30-28-26-24-22-20-18-16-14-12-10-8-6-4-2;;/h58H,3-57H2,1-2H3,(H,62,63)(H,64,65)(H,66,67,68);;/q;2*+1/p-2. The van der Waals surface area contributed by atoms with Gasteiger partial charge in [-0.25, -0.2) is 0 Å². The largest absolute Gasteiger partial charge is 1.00 e. The SMILES string of the molecule is CCCCCCCCCCCCCCCCCCCCCCCCCCCCC(CC(=O)[O-])C(CCCCCCCCCCCCCCCCCCCCCCCCCCCC)(C(=O)[O-])S(=O)(=O)O.[K+].[K+]. The van der Waals surface area contributed by atoms with E-state index in [1.54, 1.807) is 0 Å². The van der Waals surface area contributed by atoms with Gasteiger partial charge in [0.25, 0.3) is 10.1 Å². The molecule has 0 bridgehead atoms. The molecule has 0 heterocycles. The van der Waals surface area contributed by atoms with E-state index in [1.165, 1.54) is 270 Å². The molecule has 0 aromatic heterocycles. The summed E-state index contributed by atoms with van der Waals surface area (Å²) in [6, 6.07) is 0. The van der Waals surface area contributed by atoms with Gasteiger partial charge in [0.2, 0.25) is 0 Å². The molecule has 0 saturated heterocycles. The minimum Gasteiger partial charge on any atom is -0.550 e. The van der Waals surface area contributed by atoms with Crippen LogP contribution in [0.3, 0.4) is 0 Å². The van der Waals surface area contributed by atoms with Gasteiger partial charge in [-0.15, -0.1) is 0 Å². The number of hydrogen-bond acceptors (Lipinski definition) is 6. The molecule has 0 aliphatic carbocycles. The molecule has 71 heavy (non-hydrogen) atoms. The maximum Gasteiger partial charge on any atom is 1.00 e. The summed E-state index contributed by atoms with van der Waals surface area (Å²) in [5, 5.41) is 24.3. The van der Waals surface area contributed by atoms with Crippen molar-refractivity contribution in [3.63, 3.8) is 0 Å². The number of hydrogen-bond donors (Lipinski definition) is 1. The molecule has 1 N–H and O–H groups in total. The number of carbonyl (C=O) groups is 2. The van der Waals surface area contributed by atoms with Crippen molar-refractivity contribution in [1.82, 2.24) is 0 Å². The molecule has 0 aromatic carbocycles. The third kappa shape index (κ3) is 50.1. The summed E-state index contributed by atoms with van der Waals surface area (Å²) in [5.41, 5.74) is 0. The van der Waals surface area contributed by atoms with E-state index < -0.39 is 39.1 Å². The average molecular weight is 1070 g/mol. The Labute approximate surface area is 528 Å². The van der Waals surface area contributed by atoms with Gasteiger partial charge in [-0.2, -0.15) is 8.42 Å². The van der Waals surface area contributed by atoms with Crippen LogP contribution in [0.2, 0.25) is 0 Å². The minimum atomic E-state index is -5.13. The number of carboxylic acids is 2. The zero-order chi connectivity index (χ0) is 50.6. The maximum absolute atomic E-state index is 12.8. The van der Waals surface area contributed by atoms with Crippen molar-refractivity contribution >= 4 is 22.1 Å². The number of aliphatic carboxylic acids is 2. The van der Waals surface area contributed by atoms with E-state index in [0.29, 0.717) is 12.8 Å². The molecule has 0 amide bonds.